The van der Waals surface area contributed by atoms with E-state index in [1.165, 1.54) is 16.8 Å². The highest BCUT2D eigenvalue weighted by Crippen LogP contribution is 2.22. The summed E-state index contributed by atoms with van der Waals surface area (Å²) in [5.74, 6) is 0. The van der Waals surface area contributed by atoms with Crippen LogP contribution in [-0.2, 0) is 19.9 Å². The molecule has 0 aliphatic heterocycles. The molecule has 0 saturated heterocycles. The summed E-state index contributed by atoms with van der Waals surface area (Å²) in [6, 6.07) is 9.28. The molecule has 114 valence electrons. The van der Waals surface area contributed by atoms with Gasteiger partial charge in [0, 0.05) is 19.5 Å². The lowest BCUT2D eigenvalue weighted by molar-refractivity contribution is 0.502. The minimum absolute atomic E-state index is 0.456. The largest absolute Gasteiger partial charge is 0.317 e. The first-order valence-electron chi connectivity index (χ1n) is 7.42. The standard InChI is InChI=1S/C17H24BrN3/c1-12-5-7-14(8-6-12)9-10-15(19-3)11-16-17(18)13(2)20-21(16)4/h5-8,15,19H,9-11H2,1-4H3. The molecule has 0 aliphatic rings. The summed E-state index contributed by atoms with van der Waals surface area (Å²) in [5, 5.41) is 7.90. The van der Waals surface area contributed by atoms with Crippen LogP contribution in [0.15, 0.2) is 28.7 Å². The van der Waals surface area contributed by atoms with E-state index in [-0.39, 0.29) is 0 Å². The lowest BCUT2D eigenvalue weighted by atomic mass is 10.0. The fourth-order valence-corrected chi connectivity index (χ4v) is 3.08. The van der Waals surface area contributed by atoms with Gasteiger partial charge in [0.2, 0.25) is 0 Å². The van der Waals surface area contributed by atoms with Gasteiger partial charge >= 0.3 is 0 Å². The molecule has 0 fully saturated rings. The lowest BCUT2D eigenvalue weighted by Gasteiger charge is -2.16. The highest BCUT2D eigenvalue weighted by atomic mass is 79.9. The number of aromatic nitrogens is 2. The fourth-order valence-electron chi connectivity index (χ4n) is 2.58. The van der Waals surface area contributed by atoms with Crippen molar-refractivity contribution in [3.63, 3.8) is 0 Å². The van der Waals surface area contributed by atoms with Crippen molar-refractivity contribution in [2.75, 3.05) is 7.05 Å². The number of nitrogens with zero attached hydrogens (tertiary/aromatic N) is 2. The third-order valence-electron chi connectivity index (χ3n) is 4.01. The SMILES string of the molecule is CNC(CCc1ccc(C)cc1)Cc1c(Br)c(C)nn1C. The Balaban J connectivity index is 1.98. The van der Waals surface area contributed by atoms with E-state index in [1.807, 2.05) is 25.7 Å². The number of rotatable bonds is 6. The molecule has 0 amide bonds. The summed E-state index contributed by atoms with van der Waals surface area (Å²) < 4.78 is 3.12. The quantitative estimate of drug-likeness (QED) is 0.863. The van der Waals surface area contributed by atoms with Crippen LogP contribution in [-0.4, -0.2) is 22.9 Å². The second-order valence-electron chi connectivity index (χ2n) is 5.68. The molecule has 1 aromatic carbocycles. The maximum Gasteiger partial charge on any atom is 0.0738 e. The van der Waals surface area contributed by atoms with Crippen LogP contribution in [0.25, 0.3) is 0 Å². The predicted octanol–water partition coefficient (Wildman–Crippen LogP) is 3.56. The molecule has 0 bridgehead atoms. The van der Waals surface area contributed by atoms with E-state index >= 15 is 0 Å². The maximum atomic E-state index is 4.47. The fraction of sp³-hybridized carbons (Fsp3) is 0.471. The van der Waals surface area contributed by atoms with Gasteiger partial charge in [0.15, 0.2) is 0 Å². The van der Waals surface area contributed by atoms with Gasteiger partial charge in [-0.3, -0.25) is 4.68 Å². The van der Waals surface area contributed by atoms with Crippen molar-refractivity contribution in [2.24, 2.45) is 7.05 Å². The van der Waals surface area contributed by atoms with Gasteiger partial charge in [-0.1, -0.05) is 29.8 Å². The Morgan fingerprint density at radius 3 is 2.43 bits per heavy atom. The Morgan fingerprint density at radius 1 is 1.24 bits per heavy atom. The smallest absolute Gasteiger partial charge is 0.0738 e. The summed E-state index contributed by atoms with van der Waals surface area (Å²) in [7, 11) is 4.05. The van der Waals surface area contributed by atoms with Crippen LogP contribution >= 0.6 is 15.9 Å². The van der Waals surface area contributed by atoms with Crippen LogP contribution in [0.1, 0.15) is 28.9 Å². The van der Waals surface area contributed by atoms with E-state index in [1.54, 1.807) is 0 Å². The zero-order valence-corrected chi connectivity index (χ0v) is 14.9. The molecule has 0 radical (unpaired) electrons. The van der Waals surface area contributed by atoms with Gasteiger partial charge < -0.3 is 5.32 Å². The van der Waals surface area contributed by atoms with E-state index < -0.39 is 0 Å². The van der Waals surface area contributed by atoms with E-state index in [0.29, 0.717) is 6.04 Å². The molecule has 4 heteroatoms. The average Bonchev–Trinajstić information content (AvgIpc) is 2.71. The number of benzene rings is 1. The first-order chi connectivity index (χ1) is 10.0. The number of aryl methyl sites for hydroxylation is 4. The second kappa shape index (κ2) is 7.23. The monoisotopic (exact) mass is 349 g/mol. The molecule has 1 N–H and O–H groups in total. The Bertz CT molecular complexity index is 587. The molecule has 1 heterocycles. The van der Waals surface area contributed by atoms with Gasteiger partial charge in [-0.05, 0) is 55.2 Å². The number of likely N-dealkylation sites (N-methyl/N-ethyl adjacent to an activating group) is 1. The van der Waals surface area contributed by atoms with Crippen molar-refractivity contribution in [3.8, 4) is 0 Å². The van der Waals surface area contributed by atoms with Gasteiger partial charge in [0.1, 0.15) is 0 Å². The minimum Gasteiger partial charge on any atom is -0.317 e. The highest BCUT2D eigenvalue weighted by molar-refractivity contribution is 9.10. The van der Waals surface area contributed by atoms with Gasteiger partial charge in [0.05, 0.1) is 15.9 Å². The summed E-state index contributed by atoms with van der Waals surface area (Å²) in [6.45, 7) is 4.16. The Morgan fingerprint density at radius 2 is 1.90 bits per heavy atom. The molecule has 0 spiro atoms. The average molecular weight is 350 g/mol. The van der Waals surface area contributed by atoms with Crippen molar-refractivity contribution in [1.29, 1.82) is 0 Å². The van der Waals surface area contributed by atoms with Crippen molar-refractivity contribution in [3.05, 3.63) is 51.3 Å². The summed E-state index contributed by atoms with van der Waals surface area (Å²) in [4.78, 5) is 0. The van der Waals surface area contributed by atoms with Crippen LogP contribution in [0.4, 0.5) is 0 Å². The zero-order valence-electron chi connectivity index (χ0n) is 13.3. The molecule has 0 aliphatic carbocycles. The van der Waals surface area contributed by atoms with Gasteiger partial charge in [-0.15, -0.1) is 0 Å². The Labute approximate surface area is 135 Å². The van der Waals surface area contributed by atoms with Crippen molar-refractivity contribution >= 4 is 15.9 Å². The first kappa shape index (κ1) is 16.2. The predicted molar refractivity (Wildman–Crippen MR) is 91.7 cm³/mol. The zero-order chi connectivity index (χ0) is 15.4. The molecule has 0 saturated carbocycles. The van der Waals surface area contributed by atoms with Gasteiger partial charge in [-0.25, -0.2) is 0 Å². The topological polar surface area (TPSA) is 29.9 Å². The first-order valence-corrected chi connectivity index (χ1v) is 8.21. The number of halogens is 1. The Kier molecular flexibility index (Phi) is 5.59. The normalized spacial score (nSPS) is 12.6. The van der Waals surface area contributed by atoms with E-state index in [0.717, 1.165) is 29.4 Å². The number of hydrogen-bond donors (Lipinski definition) is 1. The molecule has 1 aromatic heterocycles. The van der Waals surface area contributed by atoms with E-state index in [2.05, 4.69) is 57.5 Å². The van der Waals surface area contributed by atoms with Crippen molar-refractivity contribution in [1.82, 2.24) is 15.1 Å². The molecule has 2 aromatic rings. The van der Waals surface area contributed by atoms with Crippen molar-refractivity contribution < 1.29 is 0 Å². The van der Waals surface area contributed by atoms with Crippen LogP contribution in [0.2, 0.25) is 0 Å². The third-order valence-corrected chi connectivity index (χ3v) is 5.04. The Hall–Kier alpha value is -1.13. The summed E-state index contributed by atoms with van der Waals surface area (Å²) in [6.07, 6.45) is 3.21. The molecule has 21 heavy (non-hydrogen) atoms. The second-order valence-corrected chi connectivity index (χ2v) is 6.48. The molecule has 2 rings (SSSR count). The number of hydrogen-bond acceptors (Lipinski definition) is 2. The summed E-state index contributed by atoms with van der Waals surface area (Å²) in [5.41, 5.74) is 5.04. The van der Waals surface area contributed by atoms with Gasteiger partial charge in [-0.2, -0.15) is 5.10 Å². The maximum absolute atomic E-state index is 4.47. The summed E-state index contributed by atoms with van der Waals surface area (Å²) >= 11 is 3.65. The minimum atomic E-state index is 0.456. The van der Waals surface area contributed by atoms with Crippen LogP contribution in [0.3, 0.4) is 0 Å². The van der Waals surface area contributed by atoms with Crippen LogP contribution in [0.5, 0.6) is 0 Å². The van der Waals surface area contributed by atoms with Crippen molar-refractivity contribution in [2.45, 2.75) is 39.2 Å². The molecule has 3 nitrogen and oxygen atoms in total. The highest BCUT2D eigenvalue weighted by Gasteiger charge is 2.15. The van der Waals surface area contributed by atoms with E-state index in [9.17, 15) is 0 Å². The van der Waals surface area contributed by atoms with Crippen LogP contribution in [0, 0.1) is 13.8 Å². The molecular weight excluding hydrogens is 326 g/mol. The molecule has 1 atom stereocenters. The lowest BCUT2D eigenvalue weighted by Crippen LogP contribution is -2.29. The molecular formula is C17H24BrN3. The van der Waals surface area contributed by atoms with Crippen LogP contribution < -0.4 is 5.32 Å². The molecule has 1 unspecified atom stereocenters. The van der Waals surface area contributed by atoms with E-state index in [4.69, 9.17) is 0 Å². The third kappa shape index (κ3) is 4.17. The van der Waals surface area contributed by atoms with Gasteiger partial charge in [0.25, 0.3) is 0 Å². The number of nitrogens with one attached hydrogen (secondary N) is 1.